The minimum atomic E-state index is -0.603. The lowest BCUT2D eigenvalue weighted by Crippen LogP contribution is -2.46. The normalized spacial score (nSPS) is 11.8. The maximum Gasteiger partial charge on any atom is 0.243 e. The van der Waals surface area contributed by atoms with Gasteiger partial charge >= 0.3 is 0 Å². The van der Waals surface area contributed by atoms with Crippen LogP contribution in [0.1, 0.15) is 13.8 Å². The summed E-state index contributed by atoms with van der Waals surface area (Å²) in [7, 11) is 0. The molecule has 0 saturated carbocycles. The number of amides is 2. The van der Waals surface area contributed by atoms with Crippen molar-refractivity contribution in [2.75, 3.05) is 11.9 Å². The molecule has 0 aliphatic carbocycles. The lowest BCUT2D eigenvalue weighted by atomic mass is 10.1. The number of carbonyl (C=O) groups excluding carboxylic acids is 2. The highest BCUT2D eigenvalue weighted by atomic mass is 35.5. The van der Waals surface area contributed by atoms with Crippen molar-refractivity contribution < 1.29 is 9.59 Å². The standard InChI is InChI=1S/C15H20N4O2.ClH/c1-9(2)14(16)15(21)18-8-13(20)19-11-3-4-12-10(7-11)5-6-17-12;/h3-7,9,14,17H,8,16H2,1-2H3,(H,18,21)(H,19,20);1H/t14-;/m0./s1. The first kappa shape index (κ1) is 18.0. The van der Waals surface area contributed by atoms with Gasteiger partial charge in [0.25, 0.3) is 0 Å². The lowest BCUT2D eigenvalue weighted by molar-refractivity contribution is -0.125. The van der Waals surface area contributed by atoms with Crippen molar-refractivity contribution in [1.82, 2.24) is 10.3 Å². The number of hydrogen-bond donors (Lipinski definition) is 4. The maximum absolute atomic E-state index is 11.8. The van der Waals surface area contributed by atoms with Crippen molar-refractivity contribution in [3.05, 3.63) is 30.5 Å². The van der Waals surface area contributed by atoms with E-state index in [9.17, 15) is 9.59 Å². The van der Waals surface area contributed by atoms with Crippen LogP contribution in [0, 0.1) is 5.92 Å². The molecule has 7 heteroatoms. The van der Waals surface area contributed by atoms with E-state index in [2.05, 4.69) is 15.6 Å². The summed E-state index contributed by atoms with van der Waals surface area (Å²) < 4.78 is 0. The predicted octanol–water partition coefficient (Wildman–Crippen LogP) is 1.63. The summed E-state index contributed by atoms with van der Waals surface area (Å²) in [5.41, 5.74) is 7.40. The summed E-state index contributed by atoms with van der Waals surface area (Å²) in [5.74, 6) is -0.570. The third-order valence-electron chi connectivity index (χ3n) is 3.28. The Morgan fingerprint density at radius 1 is 1.27 bits per heavy atom. The monoisotopic (exact) mass is 324 g/mol. The third kappa shape index (κ3) is 4.47. The van der Waals surface area contributed by atoms with Crippen LogP contribution in [-0.4, -0.2) is 29.4 Å². The molecule has 2 rings (SSSR count). The van der Waals surface area contributed by atoms with Crippen molar-refractivity contribution in [2.24, 2.45) is 11.7 Å². The summed E-state index contributed by atoms with van der Waals surface area (Å²) in [4.78, 5) is 26.6. The minimum absolute atomic E-state index is 0. The number of carbonyl (C=O) groups is 2. The maximum atomic E-state index is 11.8. The van der Waals surface area contributed by atoms with Crippen LogP contribution in [0.25, 0.3) is 10.9 Å². The third-order valence-corrected chi connectivity index (χ3v) is 3.28. The lowest BCUT2D eigenvalue weighted by Gasteiger charge is -2.15. The zero-order valence-electron chi connectivity index (χ0n) is 12.6. The molecule has 22 heavy (non-hydrogen) atoms. The summed E-state index contributed by atoms with van der Waals surface area (Å²) >= 11 is 0. The molecular weight excluding hydrogens is 304 g/mol. The van der Waals surface area contributed by atoms with Gasteiger partial charge < -0.3 is 21.4 Å². The summed E-state index contributed by atoms with van der Waals surface area (Å²) in [5, 5.41) is 6.29. The Morgan fingerprint density at radius 3 is 2.68 bits per heavy atom. The predicted molar refractivity (Wildman–Crippen MR) is 90.0 cm³/mol. The van der Waals surface area contributed by atoms with E-state index in [0.717, 1.165) is 10.9 Å². The minimum Gasteiger partial charge on any atom is -0.361 e. The molecule has 0 saturated heterocycles. The van der Waals surface area contributed by atoms with Gasteiger partial charge in [0.05, 0.1) is 12.6 Å². The fourth-order valence-corrected chi connectivity index (χ4v) is 1.92. The zero-order valence-corrected chi connectivity index (χ0v) is 13.4. The molecule has 0 unspecified atom stereocenters. The van der Waals surface area contributed by atoms with Crippen molar-refractivity contribution in [3.63, 3.8) is 0 Å². The molecule has 1 atom stereocenters. The van der Waals surface area contributed by atoms with Gasteiger partial charge in [0.1, 0.15) is 0 Å². The van der Waals surface area contributed by atoms with Gasteiger partial charge in [-0.1, -0.05) is 13.8 Å². The SMILES string of the molecule is CC(C)[C@H](N)C(=O)NCC(=O)Nc1ccc2[nH]ccc2c1.Cl. The fourth-order valence-electron chi connectivity index (χ4n) is 1.92. The fraction of sp³-hybridized carbons (Fsp3) is 0.333. The number of fused-ring (bicyclic) bond motifs is 1. The van der Waals surface area contributed by atoms with Crippen LogP contribution in [0.3, 0.4) is 0 Å². The first-order valence-electron chi connectivity index (χ1n) is 6.87. The molecular formula is C15H21ClN4O2. The number of aromatic nitrogens is 1. The molecule has 5 N–H and O–H groups in total. The van der Waals surface area contributed by atoms with Gasteiger partial charge in [-0.25, -0.2) is 0 Å². The summed E-state index contributed by atoms with van der Waals surface area (Å²) in [6.07, 6.45) is 1.84. The van der Waals surface area contributed by atoms with Gasteiger partial charge in [0, 0.05) is 22.8 Å². The Bertz CT molecular complexity index is 654. The van der Waals surface area contributed by atoms with Crippen LogP contribution in [0.15, 0.2) is 30.5 Å². The van der Waals surface area contributed by atoms with Gasteiger partial charge in [-0.15, -0.1) is 12.4 Å². The molecule has 0 radical (unpaired) electrons. The highest BCUT2D eigenvalue weighted by Gasteiger charge is 2.17. The summed E-state index contributed by atoms with van der Waals surface area (Å²) in [6, 6.07) is 6.88. The van der Waals surface area contributed by atoms with Crippen LogP contribution in [0.5, 0.6) is 0 Å². The van der Waals surface area contributed by atoms with Gasteiger partial charge in [0.2, 0.25) is 11.8 Å². The molecule has 0 spiro atoms. The molecule has 1 aromatic heterocycles. The topological polar surface area (TPSA) is 100 Å². The van der Waals surface area contributed by atoms with E-state index < -0.39 is 6.04 Å². The first-order chi connectivity index (χ1) is 9.97. The largest absolute Gasteiger partial charge is 0.361 e. The Morgan fingerprint density at radius 2 is 2.00 bits per heavy atom. The van der Waals surface area contributed by atoms with Gasteiger partial charge in [-0.3, -0.25) is 9.59 Å². The Labute approximate surface area is 135 Å². The van der Waals surface area contributed by atoms with Crippen molar-refractivity contribution in [3.8, 4) is 0 Å². The number of aromatic amines is 1. The molecule has 6 nitrogen and oxygen atoms in total. The second kappa shape index (κ2) is 7.82. The second-order valence-corrected chi connectivity index (χ2v) is 5.32. The number of anilines is 1. The number of H-pyrrole nitrogens is 1. The van der Waals surface area contributed by atoms with Gasteiger partial charge in [0.15, 0.2) is 0 Å². The van der Waals surface area contributed by atoms with Crippen LogP contribution in [-0.2, 0) is 9.59 Å². The Hall–Kier alpha value is -2.05. The van der Waals surface area contributed by atoms with E-state index >= 15 is 0 Å². The van der Waals surface area contributed by atoms with Crippen LogP contribution in [0.2, 0.25) is 0 Å². The first-order valence-corrected chi connectivity index (χ1v) is 6.87. The van der Waals surface area contributed by atoms with Crippen molar-refractivity contribution >= 4 is 40.8 Å². The molecule has 2 amide bonds. The average molecular weight is 325 g/mol. The quantitative estimate of drug-likeness (QED) is 0.672. The zero-order chi connectivity index (χ0) is 15.4. The van der Waals surface area contributed by atoms with Crippen molar-refractivity contribution in [2.45, 2.75) is 19.9 Å². The van der Waals surface area contributed by atoms with Gasteiger partial charge in [-0.05, 0) is 30.2 Å². The van der Waals surface area contributed by atoms with E-state index in [0.29, 0.717) is 5.69 Å². The number of halogens is 1. The molecule has 2 aromatic rings. The smallest absolute Gasteiger partial charge is 0.243 e. The number of benzene rings is 1. The number of nitrogens with two attached hydrogens (primary N) is 1. The van der Waals surface area contributed by atoms with Crippen molar-refractivity contribution in [1.29, 1.82) is 0 Å². The van der Waals surface area contributed by atoms with Gasteiger partial charge in [-0.2, -0.15) is 0 Å². The Balaban J connectivity index is 0.00000242. The molecule has 0 bridgehead atoms. The van der Waals surface area contributed by atoms with Crippen LogP contribution in [0.4, 0.5) is 5.69 Å². The molecule has 0 aliphatic heterocycles. The highest BCUT2D eigenvalue weighted by Crippen LogP contribution is 2.17. The number of rotatable bonds is 5. The van der Waals surface area contributed by atoms with E-state index in [1.165, 1.54) is 0 Å². The molecule has 1 aromatic carbocycles. The molecule has 0 aliphatic rings. The van der Waals surface area contributed by atoms with E-state index in [4.69, 9.17) is 5.73 Å². The van der Waals surface area contributed by atoms with E-state index in [1.54, 1.807) is 6.07 Å². The van der Waals surface area contributed by atoms with E-state index in [1.807, 2.05) is 38.2 Å². The average Bonchev–Trinajstić information content (AvgIpc) is 2.91. The molecule has 1 heterocycles. The summed E-state index contributed by atoms with van der Waals surface area (Å²) in [6.45, 7) is 3.62. The molecule has 0 fully saturated rings. The van der Waals surface area contributed by atoms with Crippen LogP contribution >= 0.6 is 12.4 Å². The van der Waals surface area contributed by atoms with E-state index in [-0.39, 0.29) is 36.7 Å². The van der Waals surface area contributed by atoms with Crippen LogP contribution < -0.4 is 16.4 Å². The highest BCUT2D eigenvalue weighted by molar-refractivity contribution is 5.97. The second-order valence-electron chi connectivity index (χ2n) is 5.32. The number of nitrogens with one attached hydrogen (secondary N) is 3. The number of hydrogen-bond acceptors (Lipinski definition) is 3. The Kier molecular flexibility index (Phi) is 6.39. The molecule has 120 valence electrons.